The minimum atomic E-state index is -3.14. The van der Waals surface area contributed by atoms with Gasteiger partial charge in [0, 0.05) is 87.2 Å². The highest BCUT2D eigenvalue weighted by Gasteiger charge is 2.46. The summed E-state index contributed by atoms with van der Waals surface area (Å²) < 4.78 is 52.2. The lowest BCUT2D eigenvalue weighted by Gasteiger charge is -2.41. The number of hydrogen-bond donors (Lipinski definition) is 3. The molecule has 16 heteroatoms. The predicted octanol–water partition coefficient (Wildman–Crippen LogP) is 13.4. The van der Waals surface area contributed by atoms with E-state index in [1.807, 2.05) is 50.9 Å². The molecule has 3 aromatic carbocycles. The van der Waals surface area contributed by atoms with Gasteiger partial charge in [0.25, 0.3) is 11.8 Å². The zero-order valence-electron chi connectivity index (χ0n) is 47.7. The SMILES string of the molecule is CC.CC.CNC(=O)C(CCC=O)Nc1ccc(C2CCN(CC3CCN(C(=O)c4ccc(C5CCN(C/C(C)=C/c6c(-c7ccc(C)c(NC(C)COC)c7)ccnc6C)CC5)cc4)CC3)CC2(F)F)c(F)c1.CPI. The molecule has 0 saturated carbocycles. The highest BCUT2D eigenvalue weighted by molar-refractivity contribution is 14.2. The summed E-state index contributed by atoms with van der Waals surface area (Å²) in [5.41, 5.74) is 10.2. The van der Waals surface area contributed by atoms with Crippen LogP contribution in [0.4, 0.5) is 24.5 Å². The Hall–Kier alpha value is -4.41. The van der Waals surface area contributed by atoms with E-state index in [-0.39, 0.29) is 54.3 Å². The number of carbonyl (C=O) groups is 3. The number of pyridine rings is 1. The molecule has 11 nitrogen and oxygen atoms in total. The third-order valence-electron chi connectivity index (χ3n) is 14.6. The molecular weight excluding hydrogens is 1110 g/mol. The molecule has 424 valence electrons. The molecule has 4 aromatic rings. The van der Waals surface area contributed by atoms with E-state index >= 15 is 13.2 Å². The van der Waals surface area contributed by atoms with Gasteiger partial charge in [-0.25, -0.2) is 13.2 Å². The summed E-state index contributed by atoms with van der Waals surface area (Å²) >= 11 is 2.32. The fraction of sp³-hybridized carbons (Fsp3) is 0.541. The van der Waals surface area contributed by atoms with Crippen molar-refractivity contribution in [2.24, 2.45) is 5.92 Å². The minimum Gasteiger partial charge on any atom is -0.383 e. The van der Waals surface area contributed by atoms with Gasteiger partial charge in [0.1, 0.15) is 18.1 Å². The van der Waals surface area contributed by atoms with Crippen LogP contribution in [0.2, 0.25) is 0 Å². The van der Waals surface area contributed by atoms with Crippen molar-refractivity contribution < 1.29 is 32.3 Å². The Morgan fingerprint density at radius 1 is 0.909 bits per heavy atom. The van der Waals surface area contributed by atoms with Crippen LogP contribution in [-0.2, 0) is 14.3 Å². The van der Waals surface area contributed by atoms with Crippen LogP contribution in [0.15, 0.2) is 78.5 Å². The average Bonchev–Trinajstić information content (AvgIpc) is 3.43. The second-order valence-electron chi connectivity index (χ2n) is 20.1. The summed E-state index contributed by atoms with van der Waals surface area (Å²) in [5.74, 6) is -4.90. The number of rotatable bonds is 19. The lowest BCUT2D eigenvalue weighted by Crippen LogP contribution is -2.50. The van der Waals surface area contributed by atoms with Crippen molar-refractivity contribution in [3.8, 4) is 11.1 Å². The number of anilines is 2. The molecule has 4 atom stereocenters. The summed E-state index contributed by atoms with van der Waals surface area (Å²) in [6, 6.07) is 20.3. The van der Waals surface area contributed by atoms with Gasteiger partial charge in [-0.2, -0.15) is 0 Å². The zero-order chi connectivity index (χ0) is 56.7. The number of aryl methyl sites for hydroxylation is 2. The normalized spacial score (nSPS) is 18.1. The van der Waals surface area contributed by atoms with Gasteiger partial charge >= 0.3 is 0 Å². The number of likely N-dealkylation sites (tertiary alicyclic amines) is 3. The Balaban J connectivity index is 0.00000175. The van der Waals surface area contributed by atoms with E-state index in [1.54, 1.807) is 12.0 Å². The molecule has 1 aromatic heterocycles. The van der Waals surface area contributed by atoms with Gasteiger partial charge in [0.15, 0.2) is 0 Å². The maximum atomic E-state index is 15.7. The van der Waals surface area contributed by atoms with Crippen LogP contribution in [0.25, 0.3) is 17.2 Å². The summed E-state index contributed by atoms with van der Waals surface area (Å²) in [4.78, 5) is 47.6. The van der Waals surface area contributed by atoms with E-state index in [0.29, 0.717) is 50.6 Å². The molecule has 3 saturated heterocycles. The number of likely N-dealkylation sites (N-methyl/N-ethyl adjacent to an activating group) is 1. The molecular formula is C61H88F3IN7O4P. The number of amides is 2. The zero-order valence-corrected chi connectivity index (χ0v) is 50.9. The molecule has 0 aliphatic carbocycles. The number of halogens is 4. The first-order chi connectivity index (χ1) is 37.1. The lowest BCUT2D eigenvalue weighted by atomic mass is 9.85. The van der Waals surface area contributed by atoms with Gasteiger partial charge in [-0.1, -0.05) is 97.9 Å². The molecule has 4 heterocycles. The number of aldehydes is 1. The number of benzene rings is 3. The Labute approximate surface area is 474 Å². The average molecular weight is 1200 g/mol. The fourth-order valence-corrected chi connectivity index (χ4v) is 10.7. The smallest absolute Gasteiger partial charge is 0.267 e. The van der Waals surface area contributed by atoms with Gasteiger partial charge < -0.3 is 30.4 Å². The Bertz CT molecular complexity index is 2480. The molecule has 2 amide bonds. The largest absolute Gasteiger partial charge is 0.383 e. The highest BCUT2D eigenvalue weighted by atomic mass is 127. The van der Waals surface area contributed by atoms with Gasteiger partial charge in [-0.05, 0) is 169 Å². The Morgan fingerprint density at radius 2 is 1.57 bits per heavy atom. The molecule has 0 spiro atoms. The Kier molecular flexibility index (Phi) is 28.1. The van der Waals surface area contributed by atoms with Crippen molar-refractivity contribution in [3.63, 3.8) is 0 Å². The van der Waals surface area contributed by atoms with Gasteiger partial charge in [-0.15, -0.1) is 0 Å². The summed E-state index contributed by atoms with van der Waals surface area (Å²) in [7, 11) is 3.19. The van der Waals surface area contributed by atoms with Crippen molar-refractivity contribution in [2.45, 2.75) is 130 Å². The number of ether oxygens (including phenoxy) is 1. The molecule has 3 fully saturated rings. The van der Waals surface area contributed by atoms with Crippen LogP contribution in [-0.4, -0.2) is 136 Å². The molecule has 0 bridgehead atoms. The molecule has 4 unspecified atom stereocenters. The topological polar surface area (TPSA) is 119 Å². The molecule has 3 aliphatic rings. The quantitative estimate of drug-likeness (QED) is 0.0479. The first kappa shape index (κ1) is 65.1. The number of piperidine rings is 3. The second kappa shape index (κ2) is 33.2. The molecule has 3 N–H and O–H groups in total. The monoisotopic (exact) mass is 1200 g/mol. The third-order valence-corrected chi connectivity index (χ3v) is 14.6. The number of nitrogens with one attached hydrogen (secondary N) is 3. The predicted molar refractivity (Wildman–Crippen MR) is 324 cm³/mol. The molecule has 77 heavy (non-hydrogen) atoms. The van der Waals surface area contributed by atoms with Crippen molar-refractivity contribution in [2.75, 3.05) is 90.4 Å². The standard InChI is InChI=1S/C56H72F3N7O4.2C2H6.CH4IP/c1-37(30-49-40(4)61-23-17-47(49)45-10-9-38(2)53(31-45)62-39(3)35-70-6)33-64-24-20-43(21-25-64)42-11-13-44(14-12-42)55(69)66-27-18-41(19-28-66)34-65-26-22-50(56(58,59)36-65)48-16-15-46(32-51(48)57)63-52(8-7-29-67)54(68)60-5;2*1-2;1-3-2/h9-17,23,29-32,39,41,43,50,52,62-63H,7-8,18-22,24-28,33-36H2,1-6H3,(H,60,68);2*1-2H3;3H,1H3/b37-30+;;;. The first-order valence-corrected chi connectivity index (χ1v) is 32.4. The second-order valence-corrected chi connectivity index (χ2v) is 23.7. The minimum absolute atomic E-state index is 0.00552. The van der Waals surface area contributed by atoms with Gasteiger partial charge in [0.05, 0.1) is 19.1 Å². The number of methoxy groups -OCH3 is 1. The van der Waals surface area contributed by atoms with Crippen LogP contribution in [0.5, 0.6) is 0 Å². The fourth-order valence-electron chi connectivity index (χ4n) is 10.7. The maximum absolute atomic E-state index is 15.7. The highest BCUT2D eigenvalue weighted by Crippen LogP contribution is 2.42. The van der Waals surface area contributed by atoms with Gasteiger partial charge in [-0.3, -0.25) is 24.4 Å². The van der Waals surface area contributed by atoms with Crippen LogP contribution in [0, 0.1) is 25.6 Å². The number of alkyl halides is 2. The molecule has 3 aliphatic heterocycles. The van der Waals surface area contributed by atoms with Crippen molar-refractivity contribution in [1.82, 2.24) is 25.0 Å². The van der Waals surface area contributed by atoms with Crippen molar-refractivity contribution in [1.29, 1.82) is 0 Å². The number of hydrogen-bond acceptors (Lipinski definition) is 9. The number of aromatic nitrogens is 1. The van der Waals surface area contributed by atoms with Crippen LogP contribution in [0.1, 0.15) is 137 Å². The van der Waals surface area contributed by atoms with E-state index in [9.17, 15) is 14.4 Å². The number of carbonyl (C=O) groups excluding carboxylic acids is 3. The Morgan fingerprint density at radius 3 is 2.18 bits per heavy atom. The summed E-state index contributed by atoms with van der Waals surface area (Å²) in [6.45, 7) is 23.8. The maximum Gasteiger partial charge on any atom is 0.267 e. The number of nitrogens with zero attached hydrogens (tertiary/aromatic N) is 4. The van der Waals surface area contributed by atoms with E-state index in [4.69, 9.17) is 4.74 Å². The molecule has 0 radical (unpaired) electrons. The van der Waals surface area contributed by atoms with E-state index in [1.165, 1.54) is 35.9 Å². The summed E-state index contributed by atoms with van der Waals surface area (Å²) in [6.07, 6.45) is 9.98. The summed E-state index contributed by atoms with van der Waals surface area (Å²) in [5, 5.41) is 9.05. The van der Waals surface area contributed by atoms with E-state index in [2.05, 4.69) is 125 Å². The van der Waals surface area contributed by atoms with E-state index < -0.39 is 30.2 Å². The van der Waals surface area contributed by atoms with Crippen LogP contribution >= 0.6 is 28.3 Å². The van der Waals surface area contributed by atoms with E-state index in [0.717, 1.165) is 85.7 Å². The first-order valence-electron chi connectivity index (χ1n) is 27.8. The van der Waals surface area contributed by atoms with Gasteiger partial charge in [0.2, 0.25) is 5.91 Å². The lowest BCUT2D eigenvalue weighted by molar-refractivity contribution is -0.121. The van der Waals surface area contributed by atoms with Crippen LogP contribution < -0.4 is 16.0 Å². The molecule has 7 rings (SSSR count). The van der Waals surface area contributed by atoms with Crippen molar-refractivity contribution in [3.05, 3.63) is 118 Å². The van der Waals surface area contributed by atoms with Crippen molar-refractivity contribution >= 4 is 63.8 Å². The van der Waals surface area contributed by atoms with Crippen LogP contribution in [0.3, 0.4) is 0 Å². The third kappa shape index (κ3) is 19.1.